The predicted molar refractivity (Wildman–Crippen MR) is 56.6 cm³/mol. The minimum absolute atomic E-state index is 0.213. The van der Waals surface area contributed by atoms with E-state index in [4.69, 9.17) is 17.0 Å². The Hall–Kier alpha value is -0.740. The minimum atomic E-state index is -0.213. The molecule has 1 saturated carbocycles. The van der Waals surface area contributed by atoms with Crippen LogP contribution in [-0.4, -0.2) is 17.1 Å². The lowest BCUT2D eigenvalue weighted by Gasteiger charge is -2.25. The van der Waals surface area contributed by atoms with Crippen LogP contribution < -0.4 is 0 Å². The van der Waals surface area contributed by atoms with Crippen molar-refractivity contribution in [2.75, 3.05) is 7.11 Å². The van der Waals surface area contributed by atoms with Crippen LogP contribution in [0.1, 0.15) is 31.5 Å². The van der Waals surface area contributed by atoms with Crippen molar-refractivity contribution in [3.8, 4) is 0 Å². The van der Waals surface area contributed by atoms with Gasteiger partial charge in [-0.15, -0.1) is 0 Å². The van der Waals surface area contributed by atoms with Gasteiger partial charge in [0, 0.05) is 13.3 Å². The van der Waals surface area contributed by atoms with Crippen LogP contribution in [0, 0.1) is 4.64 Å². The fourth-order valence-electron chi connectivity index (χ4n) is 2.09. The number of methoxy groups -OCH3 is 1. The number of nitrogens with zero attached hydrogens (tertiary/aromatic N) is 1. The maximum Gasteiger partial charge on any atom is 0.139 e. The monoisotopic (exact) mass is 210 g/mol. The molecule has 1 aliphatic rings. The lowest BCUT2D eigenvalue weighted by Crippen LogP contribution is -2.27. The molecule has 1 aromatic heterocycles. The summed E-state index contributed by atoms with van der Waals surface area (Å²) in [6.45, 7) is 0. The average molecular weight is 210 g/mol. The van der Waals surface area contributed by atoms with Gasteiger partial charge in [-0.3, -0.25) is 0 Å². The van der Waals surface area contributed by atoms with E-state index in [2.05, 4.69) is 9.97 Å². The second-order valence-electron chi connectivity index (χ2n) is 3.69. The maximum absolute atomic E-state index is 5.60. The molecular weight excluding hydrogens is 196 g/mol. The number of aromatic amines is 1. The van der Waals surface area contributed by atoms with Crippen molar-refractivity contribution in [2.24, 2.45) is 0 Å². The normalized spacial score (nSPS) is 19.8. The number of ether oxygens (including phenoxy) is 1. The van der Waals surface area contributed by atoms with Crippen LogP contribution in [0.5, 0.6) is 0 Å². The Morgan fingerprint density at radius 1 is 1.50 bits per heavy atom. The molecular formula is C10H14N2OS. The molecule has 4 heteroatoms. The molecule has 0 bridgehead atoms. The van der Waals surface area contributed by atoms with Crippen molar-refractivity contribution >= 4 is 12.2 Å². The first-order valence-corrected chi connectivity index (χ1v) is 5.29. The lowest BCUT2D eigenvalue weighted by molar-refractivity contribution is -0.0163. The second-order valence-corrected chi connectivity index (χ2v) is 4.13. The largest absolute Gasteiger partial charge is 0.370 e. The molecule has 0 aliphatic heterocycles. The molecule has 0 aromatic carbocycles. The van der Waals surface area contributed by atoms with E-state index in [1.165, 1.54) is 12.8 Å². The number of hydrogen-bond donors (Lipinski definition) is 1. The van der Waals surface area contributed by atoms with Crippen LogP contribution in [0.3, 0.4) is 0 Å². The van der Waals surface area contributed by atoms with Crippen molar-refractivity contribution < 1.29 is 4.74 Å². The summed E-state index contributed by atoms with van der Waals surface area (Å²) in [4.78, 5) is 7.44. The molecule has 0 spiro atoms. The number of H-pyrrole nitrogens is 1. The maximum atomic E-state index is 5.60. The number of hydrogen-bond acceptors (Lipinski definition) is 3. The van der Waals surface area contributed by atoms with Gasteiger partial charge in [0.05, 0.1) is 0 Å². The summed E-state index contributed by atoms with van der Waals surface area (Å²) in [5.41, 5.74) is -0.213. The molecule has 76 valence electrons. The fourth-order valence-corrected chi connectivity index (χ4v) is 2.24. The van der Waals surface area contributed by atoms with Crippen molar-refractivity contribution in [3.63, 3.8) is 0 Å². The van der Waals surface area contributed by atoms with Gasteiger partial charge in [0.1, 0.15) is 16.1 Å². The van der Waals surface area contributed by atoms with Crippen LogP contribution in [0.25, 0.3) is 0 Å². The molecule has 1 heterocycles. The molecule has 1 fully saturated rings. The van der Waals surface area contributed by atoms with E-state index < -0.39 is 0 Å². The van der Waals surface area contributed by atoms with E-state index in [9.17, 15) is 0 Å². The summed E-state index contributed by atoms with van der Waals surface area (Å²) in [6.07, 6.45) is 6.21. The highest BCUT2D eigenvalue weighted by Crippen LogP contribution is 2.39. The molecule has 3 nitrogen and oxygen atoms in total. The van der Waals surface area contributed by atoms with Gasteiger partial charge in [0.25, 0.3) is 0 Å². The molecule has 0 saturated heterocycles. The third kappa shape index (κ3) is 1.60. The molecule has 0 unspecified atom stereocenters. The van der Waals surface area contributed by atoms with E-state index in [0.717, 1.165) is 23.3 Å². The van der Waals surface area contributed by atoms with Gasteiger partial charge < -0.3 is 9.72 Å². The van der Waals surface area contributed by atoms with Crippen molar-refractivity contribution in [1.29, 1.82) is 0 Å². The standard InChI is InChI=1S/C10H14N2OS/c1-13-10(5-2-3-6-10)9-11-7-4-8(14)12-9/h4,7H,2-3,5-6H2,1H3,(H,11,12,14). The van der Waals surface area contributed by atoms with E-state index in [1.807, 2.05) is 0 Å². The molecule has 0 amide bonds. The quantitative estimate of drug-likeness (QED) is 0.762. The number of nitrogens with one attached hydrogen (secondary N) is 1. The molecule has 1 N–H and O–H groups in total. The van der Waals surface area contributed by atoms with E-state index in [1.54, 1.807) is 19.4 Å². The molecule has 14 heavy (non-hydrogen) atoms. The first kappa shape index (κ1) is 9.80. The highest BCUT2D eigenvalue weighted by molar-refractivity contribution is 7.71. The van der Waals surface area contributed by atoms with Crippen molar-refractivity contribution in [2.45, 2.75) is 31.3 Å². The SMILES string of the molecule is COC1(c2nccc(=S)[nH]2)CCCC1. The number of aromatic nitrogens is 2. The van der Waals surface area contributed by atoms with Crippen LogP contribution >= 0.6 is 12.2 Å². The summed E-state index contributed by atoms with van der Waals surface area (Å²) >= 11 is 5.08. The van der Waals surface area contributed by atoms with Gasteiger partial charge in [-0.2, -0.15) is 0 Å². The fraction of sp³-hybridized carbons (Fsp3) is 0.600. The van der Waals surface area contributed by atoms with Crippen molar-refractivity contribution in [3.05, 3.63) is 22.7 Å². The Labute approximate surface area is 88.5 Å². The highest BCUT2D eigenvalue weighted by atomic mass is 32.1. The van der Waals surface area contributed by atoms with Crippen LogP contribution in [0.4, 0.5) is 0 Å². The number of rotatable bonds is 2. The Kier molecular flexibility index (Phi) is 2.65. The molecule has 1 aromatic rings. The predicted octanol–water partition coefficient (Wildman–Crippen LogP) is 2.55. The lowest BCUT2D eigenvalue weighted by atomic mass is 10.0. The van der Waals surface area contributed by atoms with Gasteiger partial charge in [0.15, 0.2) is 0 Å². The van der Waals surface area contributed by atoms with Gasteiger partial charge in [-0.05, 0) is 31.7 Å². The summed E-state index contributed by atoms with van der Waals surface area (Å²) in [6, 6.07) is 1.79. The topological polar surface area (TPSA) is 37.9 Å². The van der Waals surface area contributed by atoms with E-state index in [0.29, 0.717) is 0 Å². The second kappa shape index (κ2) is 3.79. The molecule has 1 aliphatic carbocycles. The third-order valence-electron chi connectivity index (χ3n) is 2.90. The highest BCUT2D eigenvalue weighted by Gasteiger charge is 2.37. The Balaban J connectivity index is 2.40. The summed E-state index contributed by atoms with van der Waals surface area (Å²) in [5, 5.41) is 0. The van der Waals surface area contributed by atoms with E-state index >= 15 is 0 Å². The van der Waals surface area contributed by atoms with Crippen LogP contribution in [0.15, 0.2) is 12.3 Å². The van der Waals surface area contributed by atoms with Gasteiger partial charge in [-0.1, -0.05) is 12.2 Å². The summed E-state index contributed by atoms with van der Waals surface area (Å²) in [7, 11) is 1.75. The van der Waals surface area contributed by atoms with E-state index in [-0.39, 0.29) is 5.60 Å². The van der Waals surface area contributed by atoms with Gasteiger partial charge >= 0.3 is 0 Å². The average Bonchev–Trinajstić information content (AvgIpc) is 2.67. The summed E-state index contributed by atoms with van der Waals surface area (Å²) in [5.74, 6) is 0.880. The molecule has 2 rings (SSSR count). The van der Waals surface area contributed by atoms with Crippen LogP contribution in [-0.2, 0) is 10.3 Å². The van der Waals surface area contributed by atoms with Gasteiger partial charge in [0.2, 0.25) is 0 Å². The smallest absolute Gasteiger partial charge is 0.139 e. The zero-order valence-corrected chi connectivity index (χ0v) is 9.06. The Morgan fingerprint density at radius 3 is 2.79 bits per heavy atom. The van der Waals surface area contributed by atoms with Crippen molar-refractivity contribution in [1.82, 2.24) is 9.97 Å². The molecule has 0 radical (unpaired) electrons. The first-order valence-electron chi connectivity index (χ1n) is 4.88. The Morgan fingerprint density at radius 2 is 2.21 bits per heavy atom. The Bertz CT molecular complexity index is 368. The molecule has 0 atom stereocenters. The van der Waals surface area contributed by atoms with Gasteiger partial charge in [-0.25, -0.2) is 4.98 Å². The zero-order chi connectivity index (χ0) is 10.0. The third-order valence-corrected chi connectivity index (χ3v) is 3.14. The summed E-state index contributed by atoms with van der Waals surface area (Å²) < 4.78 is 6.32. The minimum Gasteiger partial charge on any atom is -0.370 e. The first-order chi connectivity index (χ1) is 6.77. The zero-order valence-electron chi connectivity index (χ0n) is 8.25. The van der Waals surface area contributed by atoms with Crippen LogP contribution in [0.2, 0.25) is 0 Å².